The van der Waals surface area contributed by atoms with Gasteiger partial charge in [-0.15, -0.1) is 0 Å². The first kappa shape index (κ1) is 17.7. The number of carbonyl (C=O) groups is 1. The molecule has 0 heterocycles. The summed E-state index contributed by atoms with van der Waals surface area (Å²) in [5.74, 6) is -1.15. The molecule has 0 radical (unpaired) electrons. The highest BCUT2D eigenvalue weighted by Crippen LogP contribution is 2.27. The van der Waals surface area contributed by atoms with Gasteiger partial charge in [-0.3, -0.25) is 0 Å². The number of hydrogen-bond donors (Lipinski definition) is 0. The number of carbonyl (C=O) groups excluding carboxylic acids is 1. The Morgan fingerprint density at radius 3 is 2.54 bits per heavy atom. The van der Waals surface area contributed by atoms with Crippen LogP contribution in [0.2, 0.25) is 0 Å². The molecule has 0 aliphatic carbocycles. The minimum atomic E-state index is -0.864. The van der Waals surface area contributed by atoms with Crippen LogP contribution in [-0.2, 0) is 17.8 Å². The fourth-order valence-electron chi connectivity index (χ4n) is 2.22. The zero-order valence-corrected chi connectivity index (χ0v) is 13.7. The summed E-state index contributed by atoms with van der Waals surface area (Å²) in [4.78, 5) is 11.3. The van der Waals surface area contributed by atoms with Gasteiger partial charge in [0.2, 0.25) is 0 Å². The van der Waals surface area contributed by atoms with Crippen LogP contribution >= 0.6 is 0 Å². The second kappa shape index (κ2) is 7.77. The molecule has 0 atom stereocenters. The quantitative estimate of drug-likeness (QED) is 0.593. The Bertz CT molecular complexity index is 744. The Morgan fingerprint density at radius 2 is 1.88 bits per heavy atom. The Labute approximate surface area is 139 Å². The van der Waals surface area contributed by atoms with Crippen molar-refractivity contribution in [2.45, 2.75) is 26.9 Å². The normalized spacial score (nSPS) is 10.4. The van der Waals surface area contributed by atoms with Crippen LogP contribution in [-0.4, -0.2) is 13.3 Å². The summed E-state index contributed by atoms with van der Waals surface area (Å²) in [5.41, 5.74) is 1.64. The van der Waals surface area contributed by atoms with E-state index >= 15 is 0 Å². The fraction of sp³-hybridized carbons (Fsp3) is 0.278. The molecule has 0 aliphatic rings. The zero-order chi connectivity index (χ0) is 17.7. The summed E-state index contributed by atoms with van der Waals surface area (Å²) in [6, 6.07) is 7.23. The largest absolute Gasteiger partial charge is 0.513 e. The van der Waals surface area contributed by atoms with Crippen molar-refractivity contribution in [2.24, 2.45) is 0 Å². The van der Waals surface area contributed by atoms with Crippen molar-refractivity contribution < 1.29 is 27.8 Å². The van der Waals surface area contributed by atoms with E-state index in [9.17, 15) is 13.6 Å². The number of halogens is 2. The van der Waals surface area contributed by atoms with E-state index in [4.69, 9.17) is 9.47 Å². The van der Waals surface area contributed by atoms with Crippen molar-refractivity contribution >= 4 is 6.16 Å². The van der Waals surface area contributed by atoms with E-state index in [0.29, 0.717) is 12.0 Å². The molecule has 2 aromatic rings. The number of methoxy groups -OCH3 is 1. The average molecular weight is 336 g/mol. The third kappa shape index (κ3) is 4.01. The van der Waals surface area contributed by atoms with E-state index in [0.717, 1.165) is 17.7 Å². The van der Waals surface area contributed by atoms with E-state index in [1.165, 1.54) is 14.0 Å². The number of benzene rings is 2. The van der Waals surface area contributed by atoms with Crippen molar-refractivity contribution in [1.29, 1.82) is 0 Å². The van der Waals surface area contributed by atoms with Gasteiger partial charge in [0.25, 0.3) is 0 Å². The lowest BCUT2D eigenvalue weighted by atomic mass is 10.0. The van der Waals surface area contributed by atoms with E-state index < -0.39 is 17.8 Å². The molecule has 4 nitrogen and oxygen atoms in total. The Hall–Kier alpha value is -2.63. The third-order valence-electron chi connectivity index (χ3n) is 3.56. The molecule has 0 spiro atoms. The van der Waals surface area contributed by atoms with Crippen molar-refractivity contribution in [2.75, 3.05) is 7.11 Å². The Balaban J connectivity index is 2.28. The highest BCUT2D eigenvalue weighted by molar-refractivity contribution is 5.64. The van der Waals surface area contributed by atoms with Gasteiger partial charge in [0, 0.05) is 11.6 Å². The van der Waals surface area contributed by atoms with Gasteiger partial charge in [-0.05, 0) is 36.6 Å². The molecule has 6 heteroatoms. The molecule has 0 saturated heterocycles. The highest BCUT2D eigenvalue weighted by Gasteiger charge is 2.15. The molecule has 0 amide bonds. The number of aryl methyl sites for hydroxylation is 2. The molecule has 2 rings (SSSR count). The number of hydrogen-bond acceptors (Lipinski definition) is 4. The maximum absolute atomic E-state index is 13.9. The molecule has 0 unspecified atom stereocenters. The first-order valence-corrected chi connectivity index (χ1v) is 7.41. The lowest BCUT2D eigenvalue weighted by Gasteiger charge is -2.15. The molecule has 128 valence electrons. The Morgan fingerprint density at radius 1 is 1.12 bits per heavy atom. The SMILES string of the molecule is CCc1cccc(OC(=O)OC)c1COc1cc(F)c(C)cc1F. The Kier molecular flexibility index (Phi) is 5.73. The van der Waals surface area contributed by atoms with Crippen LogP contribution in [0.3, 0.4) is 0 Å². The van der Waals surface area contributed by atoms with Crippen LogP contribution in [0, 0.1) is 18.6 Å². The minimum absolute atomic E-state index is 0.0736. The molecule has 0 aromatic heterocycles. The van der Waals surface area contributed by atoms with Gasteiger partial charge in [0.1, 0.15) is 18.2 Å². The maximum atomic E-state index is 13.9. The molecular weight excluding hydrogens is 318 g/mol. The molecular formula is C18H18F2O4. The minimum Gasteiger partial charge on any atom is -0.486 e. The van der Waals surface area contributed by atoms with Gasteiger partial charge in [0.05, 0.1) is 7.11 Å². The van der Waals surface area contributed by atoms with Gasteiger partial charge in [0.15, 0.2) is 11.6 Å². The van der Waals surface area contributed by atoms with Gasteiger partial charge >= 0.3 is 6.16 Å². The predicted octanol–water partition coefficient (Wildman–Crippen LogP) is 4.56. The van der Waals surface area contributed by atoms with Crippen LogP contribution in [0.15, 0.2) is 30.3 Å². The lowest BCUT2D eigenvalue weighted by molar-refractivity contribution is 0.120. The molecule has 0 fully saturated rings. The predicted molar refractivity (Wildman–Crippen MR) is 84.3 cm³/mol. The standard InChI is InChI=1S/C18H18F2O4/c1-4-12-6-5-7-16(24-18(21)22-3)13(12)10-23-17-9-14(19)11(2)8-15(17)20/h5-9H,4,10H2,1-3H3. The second-order valence-corrected chi connectivity index (χ2v) is 5.12. The summed E-state index contributed by atoms with van der Waals surface area (Å²) in [7, 11) is 1.20. The molecule has 0 bridgehead atoms. The van der Waals surface area contributed by atoms with E-state index in [-0.39, 0.29) is 23.7 Å². The number of rotatable bonds is 5. The molecule has 0 N–H and O–H groups in total. The van der Waals surface area contributed by atoms with Crippen molar-refractivity contribution in [3.05, 3.63) is 58.7 Å². The van der Waals surface area contributed by atoms with E-state index in [1.54, 1.807) is 12.1 Å². The van der Waals surface area contributed by atoms with Crippen LogP contribution in [0.4, 0.5) is 13.6 Å². The highest BCUT2D eigenvalue weighted by atomic mass is 19.1. The first-order valence-electron chi connectivity index (χ1n) is 7.41. The monoisotopic (exact) mass is 336 g/mol. The smallest absolute Gasteiger partial charge is 0.486 e. The second-order valence-electron chi connectivity index (χ2n) is 5.12. The van der Waals surface area contributed by atoms with E-state index in [1.807, 2.05) is 13.0 Å². The first-order chi connectivity index (χ1) is 11.5. The average Bonchev–Trinajstić information content (AvgIpc) is 2.57. The fourth-order valence-corrected chi connectivity index (χ4v) is 2.22. The molecule has 0 saturated carbocycles. The van der Waals surface area contributed by atoms with Gasteiger partial charge in [-0.2, -0.15) is 0 Å². The van der Waals surface area contributed by atoms with Crippen LogP contribution in [0.1, 0.15) is 23.6 Å². The van der Waals surface area contributed by atoms with E-state index in [2.05, 4.69) is 4.74 Å². The summed E-state index contributed by atoms with van der Waals surface area (Å²) in [6.45, 7) is 3.32. The third-order valence-corrected chi connectivity index (χ3v) is 3.56. The lowest BCUT2D eigenvalue weighted by Crippen LogP contribution is -2.11. The topological polar surface area (TPSA) is 44.8 Å². The van der Waals surface area contributed by atoms with Crippen LogP contribution in [0.25, 0.3) is 0 Å². The maximum Gasteiger partial charge on any atom is 0.513 e. The molecule has 24 heavy (non-hydrogen) atoms. The summed E-state index contributed by atoms with van der Waals surface area (Å²) in [6.07, 6.45) is -0.209. The van der Waals surface area contributed by atoms with Crippen molar-refractivity contribution in [3.8, 4) is 11.5 Å². The molecule has 0 aliphatic heterocycles. The number of ether oxygens (including phenoxy) is 3. The summed E-state index contributed by atoms with van der Waals surface area (Å²) >= 11 is 0. The summed E-state index contributed by atoms with van der Waals surface area (Å²) < 4.78 is 42.5. The van der Waals surface area contributed by atoms with Gasteiger partial charge in [-0.1, -0.05) is 19.1 Å². The summed E-state index contributed by atoms with van der Waals surface area (Å²) in [5, 5.41) is 0. The molecule has 2 aromatic carbocycles. The van der Waals surface area contributed by atoms with Gasteiger partial charge < -0.3 is 14.2 Å². The van der Waals surface area contributed by atoms with Crippen LogP contribution < -0.4 is 9.47 Å². The van der Waals surface area contributed by atoms with Crippen LogP contribution in [0.5, 0.6) is 11.5 Å². The zero-order valence-electron chi connectivity index (χ0n) is 13.7. The van der Waals surface area contributed by atoms with Crippen molar-refractivity contribution in [3.63, 3.8) is 0 Å². The van der Waals surface area contributed by atoms with Gasteiger partial charge in [-0.25, -0.2) is 13.6 Å². The van der Waals surface area contributed by atoms with Crippen molar-refractivity contribution in [1.82, 2.24) is 0 Å².